The van der Waals surface area contributed by atoms with E-state index in [2.05, 4.69) is 12.2 Å². The van der Waals surface area contributed by atoms with Gasteiger partial charge in [-0.15, -0.1) is 0 Å². The summed E-state index contributed by atoms with van der Waals surface area (Å²) >= 11 is 5.96. The fraction of sp³-hybridized carbons (Fsp3) is 0.538. The number of hydrogen-bond acceptors (Lipinski definition) is 2. The molecule has 1 aromatic rings. The summed E-state index contributed by atoms with van der Waals surface area (Å²) < 4.78 is 18.8. The lowest BCUT2D eigenvalue weighted by molar-refractivity contribution is -0.0571. The molecule has 1 aliphatic rings. The second-order valence-corrected chi connectivity index (χ2v) is 5.16. The number of ether oxygens (including phenoxy) is 1. The summed E-state index contributed by atoms with van der Waals surface area (Å²) in [6.07, 6.45) is 2.16. The lowest BCUT2D eigenvalue weighted by Gasteiger charge is -2.34. The Morgan fingerprint density at radius 2 is 2.35 bits per heavy atom. The highest BCUT2D eigenvalue weighted by Crippen LogP contribution is 2.24. The normalized spacial score (nSPS) is 24.9. The number of piperidine rings is 1. The fourth-order valence-electron chi connectivity index (χ4n) is 2.04. The molecule has 1 aromatic carbocycles. The largest absolute Gasteiger partial charge is 0.369 e. The fourth-order valence-corrected chi connectivity index (χ4v) is 2.26. The van der Waals surface area contributed by atoms with Crippen LogP contribution in [0.15, 0.2) is 18.2 Å². The van der Waals surface area contributed by atoms with Gasteiger partial charge in [0, 0.05) is 11.6 Å². The minimum atomic E-state index is -0.315. The number of hydrogen-bond donors (Lipinski definition) is 1. The van der Waals surface area contributed by atoms with Crippen LogP contribution in [0, 0.1) is 5.82 Å². The highest BCUT2D eigenvalue weighted by atomic mass is 35.5. The van der Waals surface area contributed by atoms with Crippen LogP contribution in [-0.2, 0) is 11.3 Å². The van der Waals surface area contributed by atoms with Crippen molar-refractivity contribution in [2.45, 2.75) is 32.0 Å². The van der Waals surface area contributed by atoms with E-state index >= 15 is 0 Å². The Kier molecular flexibility index (Phi) is 4.02. The number of nitrogens with one attached hydrogen (secondary N) is 1. The molecular weight excluding hydrogens is 241 g/mol. The molecule has 0 aromatic heterocycles. The van der Waals surface area contributed by atoms with Gasteiger partial charge in [-0.3, -0.25) is 0 Å². The van der Waals surface area contributed by atoms with Crippen molar-refractivity contribution < 1.29 is 9.13 Å². The lowest BCUT2D eigenvalue weighted by Crippen LogP contribution is -2.45. The zero-order valence-corrected chi connectivity index (χ0v) is 10.7. The van der Waals surface area contributed by atoms with Gasteiger partial charge in [0.05, 0.1) is 12.2 Å². The first-order valence-electron chi connectivity index (χ1n) is 5.88. The maximum atomic E-state index is 12.9. The molecule has 2 rings (SSSR count). The molecule has 0 bridgehead atoms. The third-order valence-electron chi connectivity index (χ3n) is 3.15. The maximum Gasteiger partial charge on any atom is 0.124 e. The van der Waals surface area contributed by atoms with Gasteiger partial charge in [0.2, 0.25) is 0 Å². The summed E-state index contributed by atoms with van der Waals surface area (Å²) in [5.41, 5.74) is 0.690. The molecule has 1 aliphatic heterocycles. The number of benzene rings is 1. The lowest BCUT2D eigenvalue weighted by atomic mass is 9.96. The summed E-state index contributed by atoms with van der Waals surface area (Å²) in [7, 11) is 0. The van der Waals surface area contributed by atoms with Gasteiger partial charge in [0.1, 0.15) is 5.82 Å². The molecule has 0 saturated carbocycles. The molecule has 2 nitrogen and oxygen atoms in total. The van der Waals surface area contributed by atoms with E-state index in [0.717, 1.165) is 31.5 Å². The van der Waals surface area contributed by atoms with Crippen LogP contribution in [0.1, 0.15) is 25.3 Å². The van der Waals surface area contributed by atoms with Crippen LogP contribution in [-0.4, -0.2) is 18.7 Å². The van der Waals surface area contributed by atoms with Gasteiger partial charge in [-0.25, -0.2) is 4.39 Å². The van der Waals surface area contributed by atoms with Crippen molar-refractivity contribution in [1.82, 2.24) is 5.32 Å². The average Bonchev–Trinajstić information content (AvgIpc) is 2.29. The van der Waals surface area contributed by atoms with E-state index in [-0.39, 0.29) is 11.4 Å². The zero-order chi connectivity index (χ0) is 12.3. The van der Waals surface area contributed by atoms with Crippen LogP contribution >= 0.6 is 11.6 Å². The molecule has 0 spiro atoms. The van der Waals surface area contributed by atoms with Crippen molar-refractivity contribution in [2.24, 2.45) is 0 Å². The smallest absolute Gasteiger partial charge is 0.124 e. The van der Waals surface area contributed by atoms with Gasteiger partial charge in [-0.05, 0) is 44.0 Å². The Hall–Kier alpha value is -0.640. The van der Waals surface area contributed by atoms with E-state index in [1.807, 2.05) is 0 Å². The molecule has 0 amide bonds. The van der Waals surface area contributed by atoms with Gasteiger partial charge in [-0.2, -0.15) is 0 Å². The molecule has 1 unspecified atom stereocenters. The summed E-state index contributed by atoms with van der Waals surface area (Å²) in [4.78, 5) is 0. The Labute approximate surface area is 106 Å². The molecule has 1 atom stereocenters. The predicted octanol–water partition coefficient (Wildman–Crippen LogP) is 3.14. The molecular formula is C13H17ClFNO. The number of halogens is 2. The Morgan fingerprint density at radius 1 is 1.53 bits per heavy atom. The van der Waals surface area contributed by atoms with Crippen molar-refractivity contribution in [3.63, 3.8) is 0 Å². The van der Waals surface area contributed by atoms with E-state index in [1.54, 1.807) is 6.07 Å². The van der Waals surface area contributed by atoms with Crippen LogP contribution in [0.3, 0.4) is 0 Å². The second-order valence-electron chi connectivity index (χ2n) is 4.75. The van der Waals surface area contributed by atoms with Crippen molar-refractivity contribution in [2.75, 3.05) is 13.1 Å². The number of rotatable bonds is 3. The van der Waals surface area contributed by atoms with Gasteiger partial charge in [0.25, 0.3) is 0 Å². The monoisotopic (exact) mass is 257 g/mol. The van der Waals surface area contributed by atoms with Crippen LogP contribution in [0.5, 0.6) is 0 Å². The topological polar surface area (TPSA) is 21.3 Å². The van der Waals surface area contributed by atoms with Crippen molar-refractivity contribution >= 4 is 11.6 Å². The minimum absolute atomic E-state index is 0.143. The molecule has 17 heavy (non-hydrogen) atoms. The molecule has 94 valence electrons. The van der Waals surface area contributed by atoms with Gasteiger partial charge in [0.15, 0.2) is 0 Å². The molecule has 1 heterocycles. The first-order chi connectivity index (χ1) is 8.09. The molecule has 4 heteroatoms. The molecule has 1 saturated heterocycles. The Morgan fingerprint density at radius 3 is 3.00 bits per heavy atom. The Bertz CT molecular complexity index is 391. The highest BCUT2D eigenvalue weighted by Gasteiger charge is 2.27. The average molecular weight is 258 g/mol. The molecule has 1 N–H and O–H groups in total. The summed E-state index contributed by atoms with van der Waals surface area (Å²) in [6.45, 7) is 4.43. The van der Waals surface area contributed by atoms with Crippen LogP contribution in [0.4, 0.5) is 4.39 Å². The van der Waals surface area contributed by atoms with Crippen molar-refractivity contribution in [1.29, 1.82) is 0 Å². The first kappa shape index (κ1) is 12.8. The third kappa shape index (κ3) is 3.41. The quantitative estimate of drug-likeness (QED) is 0.898. The predicted molar refractivity (Wildman–Crippen MR) is 66.7 cm³/mol. The maximum absolute atomic E-state index is 12.9. The van der Waals surface area contributed by atoms with Gasteiger partial charge >= 0.3 is 0 Å². The standard InChI is InChI=1S/C13H17ClFNO/c1-13(5-2-6-16-9-13)17-8-10-3-4-11(15)7-12(10)14/h3-4,7,16H,2,5-6,8-9H2,1H3. The Balaban J connectivity index is 1.97. The van der Waals surface area contributed by atoms with E-state index in [9.17, 15) is 4.39 Å². The first-order valence-corrected chi connectivity index (χ1v) is 6.25. The SMILES string of the molecule is CC1(OCc2ccc(F)cc2Cl)CCCNC1. The van der Waals surface area contributed by atoms with Gasteiger partial charge in [-0.1, -0.05) is 17.7 Å². The second kappa shape index (κ2) is 5.34. The van der Waals surface area contributed by atoms with E-state index in [0.29, 0.717) is 11.6 Å². The molecule has 0 aliphatic carbocycles. The molecule has 1 fully saturated rings. The summed E-state index contributed by atoms with van der Waals surface area (Å²) in [5.74, 6) is -0.315. The van der Waals surface area contributed by atoms with Crippen molar-refractivity contribution in [3.05, 3.63) is 34.6 Å². The zero-order valence-electron chi connectivity index (χ0n) is 9.93. The molecule has 0 radical (unpaired) electrons. The van der Waals surface area contributed by atoms with Crippen LogP contribution in [0.2, 0.25) is 5.02 Å². The van der Waals surface area contributed by atoms with Crippen LogP contribution < -0.4 is 5.32 Å². The third-order valence-corrected chi connectivity index (χ3v) is 3.50. The van der Waals surface area contributed by atoms with E-state index < -0.39 is 0 Å². The minimum Gasteiger partial charge on any atom is -0.369 e. The van der Waals surface area contributed by atoms with Gasteiger partial charge < -0.3 is 10.1 Å². The summed E-state index contributed by atoms with van der Waals surface area (Å²) in [6, 6.07) is 4.41. The highest BCUT2D eigenvalue weighted by molar-refractivity contribution is 6.31. The van der Waals surface area contributed by atoms with Crippen LogP contribution in [0.25, 0.3) is 0 Å². The summed E-state index contributed by atoms with van der Waals surface area (Å²) in [5, 5.41) is 3.75. The van der Waals surface area contributed by atoms with E-state index in [1.165, 1.54) is 12.1 Å². The van der Waals surface area contributed by atoms with E-state index in [4.69, 9.17) is 16.3 Å². The van der Waals surface area contributed by atoms with Crippen molar-refractivity contribution in [3.8, 4) is 0 Å².